The first-order valence-electron chi connectivity index (χ1n) is 4.56. The maximum absolute atomic E-state index is 5.52. The van der Waals surface area contributed by atoms with Crippen molar-refractivity contribution in [1.29, 1.82) is 0 Å². The summed E-state index contributed by atoms with van der Waals surface area (Å²) in [5, 5.41) is 11.1. The Hall–Kier alpha value is -1.78. The number of hydrogen-bond acceptors (Lipinski definition) is 3. The second kappa shape index (κ2) is 3.17. The highest BCUT2D eigenvalue weighted by Crippen LogP contribution is 2.17. The highest BCUT2D eigenvalue weighted by Gasteiger charge is 2.07. The van der Waals surface area contributed by atoms with Crippen LogP contribution in [0.3, 0.4) is 0 Å². The number of aromatic nitrogens is 4. The lowest BCUT2D eigenvalue weighted by Crippen LogP contribution is -1.98. The van der Waals surface area contributed by atoms with Crippen molar-refractivity contribution in [2.24, 2.45) is 0 Å². The van der Waals surface area contributed by atoms with Gasteiger partial charge in [-0.05, 0) is 19.9 Å². The number of aryl methyl sites for hydroxylation is 2. The fraction of sp³-hybridized carbons (Fsp3) is 0.333. The molecule has 0 saturated heterocycles. The average Bonchev–Trinajstić information content (AvgIpc) is 2.71. The molecule has 0 aliphatic rings. The molecule has 0 spiro atoms. The van der Waals surface area contributed by atoms with Crippen LogP contribution in [0, 0.1) is 6.92 Å². The number of nitrogens with one attached hydrogen (secondary N) is 1. The number of nitrogens with zero attached hydrogens (tertiary/aromatic N) is 3. The van der Waals surface area contributed by atoms with E-state index in [1.165, 1.54) is 0 Å². The van der Waals surface area contributed by atoms with Crippen LogP contribution >= 0.6 is 0 Å². The zero-order valence-corrected chi connectivity index (χ0v) is 8.28. The standard InChI is InChI=1S/C9H13N5/c1-3-14-6(2)4-8(13-14)7-5-9(10)12-11-7/h4-5H,3H2,1-2H3,(H3,10,11,12). The Morgan fingerprint density at radius 2 is 2.29 bits per heavy atom. The fourth-order valence-electron chi connectivity index (χ4n) is 1.43. The van der Waals surface area contributed by atoms with Crippen LogP contribution in [0.4, 0.5) is 5.82 Å². The van der Waals surface area contributed by atoms with Gasteiger partial charge >= 0.3 is 0 Å². The van der Waals surface area contributed by atoms with Gasteiger partial charge < -0.3 is 5.73 Å². The number of hydrogen-bond donors (Lipinski definition) is 2. The van der Waals surface area contributed by atoms with Gasteiger partial charge in [-0.15, -0.1) is 0 Å². The number of nitrogen functional groups attached to an aromatic ring is 1. The zero-order valence-electron chi connectivity index (χ0n) is 8.28. The minimum absolute atomic E-state index is 0.490. The molecule has 5 heteroatoms. The Bertz CT molecular complexity index is 440. The number of nitrogens with two attached hydrogens (primary N) is 1. The summed E-state index contributed by atoms with van der Waals surface area (Å²) in [7, 11) is 0. The minimum Gasteiger partial charge on any atom is -0.382 e. The molecule has 0 atom stereocenters. The second-order valence-electron chi connectivity index (χ2n) is 3.19. The van der Waals surface area contributed by atoms with E-state index in [2.05, 4.69) is 22.2 Å². The van der Waals surface area contributed by atoms with E-state index in [0.29, 0.717) is 5.82 Å². The molecule has 0 aliphatic carbocycles. The molecule has 0 aromatic carbocycles. The van der Waals surface area contributed by atoms with E-state index in [-0.39, 0.29) is 0 Å². The summed E-state index contributed by atoms with van der Waals surface area (Å²) in [6.45, 7) is 4.96. The Morgan fingerprint density at radius 1 is 1.50 bits per heavy atom. The summed E-state index contributed by atoms with van der Waals surface area (Å²) < 4.78 is 1.94. The second-order valence-corrected chi connectivity index (χ2v) is 3.19. The van der Waals surface area contributed by atoms with Crippen molar-refractivity contribution in [3.63, 3.8) is 0 Å². The van der Waals surface area contributed by atoms with Gasteiger partial charge in [0.1, 0.15) is 11.5 Å². The van der Waals surface area contributed by atoms with Crippen LogP contribution in [-0.2, 0) is 6.54 Å². The Kier molecular flexibility index (Phi) is 1.99. The van der Waals surface area contributed by atoms with Crippen molar-refractivity contribution in [2.45, 2.75) is 20.4 Å². The lowest BCUT2D eigenvalue weighted by atomic mass is 10.3. The van der Waals surface area contributed by atoms with Crippen LogP contribution in [0.2, 0.25) is 0 Å². The van der Waals surface area contributed by atoms with Crippen LogP contribution < -0.4 is 5.73 Å². The Morgan fingerprint density at radius 3 is 2.79 bits per heavy atom. The SMILES string of the molecule is CCn1nc(-c2cc(N)n[nH]2)cc1C. The van der Waals surface area contributed by atoms with Gasteiger partial charge in [-0.3, -0.25) is 9.78 Å². The van der Waals surface area contributed by atoms with Crippen molar-refractivity contribution in [3.8, 4) is 11.4 Å². The fourth-order valence-corrected chi connectivity index (χ4v) is 1.43. The molecule has 3 N–H and O–H groups in total. The maximum Gasteiger partial charge on any atom is 0.145 e. The van der Waals surface area contributed by atoms with Gasteiger partial charge in [-0.2, -0.15) is 10.2 Å². The maximum atomic E-state index is 5.52. The highest BCUT2D eigenvalue weighted by atomic mass is 15.3. The monoisotopic (exact) mass is 191 g/mol. The molecule has 2 aromatic rings. The predicted octanol–water partition coefficient (Wildman–Crippen LogP) is 1.18. The number of aromatic amines is 1. The third-order valence-corrected chi connectivity index (χ3v) is 2.15. The molecule has 0 saturated carbocycles. The molecule has 0 amide bonds. The number of anilines is 1. The van der Waals surface area contributed by atoms with Crippen LogP contribution in [0.15, 0.2) is 12.1 Å². The summed E-state index contributed by atoms with van der Waals surface area (Å²) in [4.78, 5) is 0. The van der Waals surface area contributed by atoms with Gasteiger partial charge in [0.05, 0.1) is 5.69 Å². The first kappa shape index (κ1) is 8.80. The minimum atomic E-state index is 0.490. The van der Waals surface area contributed by atoms with E-state index >= 15 is 0 Å². The molecule has 0 unspecified atom stereocenters. The Labute approximate surface area is 81.9 Å². The molecule has 0 radical (unpaired) electrons. The van der Waals surface area contributed by atoms with E-state index in [9.17, 15) is 0 Å². The summed E-state index contributed by atoms with van der Waals surface area (Å²) in [5.41, 5.74) is 8.39. The normalized spacial score (nSPS) is 10.7. The molecule has 0 bridgehead atoms. The highest BCUT2D eigenvalue weighted by molar-refractivity contribution is 5.57. The third-order valence-electron chi connectivity index (χ3n) is 2.15. The molecule has 2 heterocycles. The van der Waals surface area contributed by atoms with E-state index in [1.807, 2.05) is 17.7 Å². The van der Waals surface area contributed by atoms with Gasteiger partial charge in [-0.25, -0.2) is 0 Å². The topological polar surface area (TPSA) is 72.5 Å². The quantitative estimate of drug-likeness (QED) is 0.748. The molecular weight excluding hydrogens is 178 g/mol. The average molecular weight is 191 g/mol. The molecule has 0 fully saturated rings. The molecule has 2 aromatic heterocycles. The summed E-state index contributed by atoms with van der Waals surface area (Å²) in [6.07, 6.45) is 0. The Balaban J connectivity index is 2.42. The third kappa shape index (κ3) is 1.37. The van der Waals surface area contributed by atoms with Crippen LogP contribution in [0.5, 0.6) is 0 Å². The smallest absolute Gasteiger partial charge is 0.145 e. The van der Waals surface area contributed by atoms with E-state index < -0.39 is 0 Å². The molecular formula is C9H13N5. The predicted molar refractivity (Wildman–Crippen MR) is 54.6 cm³/mol. The van der Waals surface area contributed by atoms with Crippen molar-refractivity contribution in [1.82, 2.24) is 20.0 Å². The molecule has 74 valence electrons. The van der Waals surface area contributed by atoms with Crippen molar-refractivity contribution in [3.05, 3.63) is 17.8 Å². The lowest BCUT2D eigenvalue weighted by molar-refractivity contribution is 0.641. The molecule has 5 nitrogen and oxygen atoms in total. The van der Waals surface area contributed by atoms with Crippen molar-refractivity contribution >= 4 is 5.82 Å². The largest absolute Gasteiger partial charge is 0.382 e. The molecule has 14 heavy (non-hydrogen) atoms. The number of rotatable bonds is 2. The zero-order chi connectivity index (χ0) is 10.1. The van der Waals surface area contributed by atoms with Crippen molar-refractivity contribution < 1.29 is 0 Å². The van der Waals surface area contributed by atoms with Crippen molar-refractivity contribution in [2.75, 3.05) is 5.73 Å². The summed E-state index contributed by atoms with van der Waals surface area (Å²) in [5.74, 6) is 0.490. The van der Waals surface area contributed by atoms with E-state index in [4.69, 9.17) is 5.73 Å². The van der Waals surface area contributed by atoms with E-state index in [1.54, 1.807) is 6.07 Å². The van der Waals surface area contributed by atoms with Crippen LogP contribution in [0.1, 0.15) is 12.6 Å². The summed E-state index contributed by atoms with van der Waals surface area (Å²) >= 11 is 0. The number of H-pyrrole nitrogens is 1. The van der Waals surface area contributed by atoms with Crippen LogP contribution in [0.25, 0.3) is 11.4 Å². The van der Waals surface area contributed by atoms with Crippen LogP contribution in [-0.4, -0.2) is 20.0 Å². The van der Waals surface area contributed by atoms with Gasteiger partial charge in [0.25, 0.3) is 0 Å². The van der Waals surface area contributed by atoms with Gasteiger partial charge in [-0.1, -0.05) is 0 Å². The van der Waals surface area contributed by atoms with E-state index in [0.717, 1.165) is 23.6 Å². The lowest BCUT2D eigenvalue weighted by Gasteiger charge is -1.95. The first-order valence-corrected chi connectivity index (χ1v) is 4.56. The van der Waals surface area contributed by atoms with Gasteiger partial charge in [0, 0.05) is 18.3 Å². The first-order chi connectivity index (χ1) is 6.70. The summed E-state index contributed by atoms with van der Waals surface area (Å²) in [6, 6.07) is 3.79. The molecule has 2 rings (SSSR count). The van der Waals surface area contributed by atoms with Gasteiger partial charge in [0.2, 0.25) is 0 Å². The molecule has 0 aliphatic heterocycles. The van der Waals surface area contributed by atoms with Gasteiger partial charge in [0.15, 0.2) is 0 Å².